The van der Waals surface area contributed by atoms with Crippen LogP contribution in [0, 0.1) is 35.5 Å². The first-order valence-corrected chi connectivity index (χ1v) is 23.0. The van der Waals surface area contributed by atoms with E-state index in [-0.39, 0.29) is 48.7 Å². The molecular weight excluding hydrogens is 775 g/mol. The monoisotopic (exact) mass is 852 g/mol. The highest BCUT2D eigenvalue weighted by molar-refractivity contribution is 6.39. The molecule has 11 atom stereocenters. The minimum absolute atomic E-state index is 0.00663. The minimum atomic E-state index is -2.30. The highest BCUT2D eigenvalue weighted by Crippen LogP contribution is 2.36. The van der Waals surface area contributed by atoms with Gasteiger partial charge in [0.1, 0.15) is 17.6 Å². The molecule has 3 aliphatic rings. The Labute approximate surface area is 365 Å². The Morgan fingerprint density at radius 1 is 0.951 bits per heavy atom. The molecule has 0 aromatic rings. The molecule has 3 rings (SSSR count). The van der Waals surface area contributed by atoms with Crippen molar-refractivity contribution >= 4 is 29.2 Å². The highest BCUT2D eigenvalue weighted by Gasteiger charge is 2.52. The number of piperidine rings is 1. The Bertz CT molecular complexity index is 1610. The minimum Gasteiger partial charge on any atom is -0.480 e. The lowest BCUT2D eigenvalue weighted by molar-refractivity contribution is -0.263. The summed E-state index contributed by atoms with van der Waals surface area (Å²) >= 11 is 0. The number of rotatable bonds is 24. The van der Waals surface area contributed by atoms with Crippen molar-refractivity contribution in [1.29, 1.82) is 0 Å². The normalized spacial score (nSPS) is 28.0. The zero-order chi connectivity index (χ0) is 45.3. The molecule has 0 aromatic heterocycles. The number of likely N-dealkylation sites (tertiary alicyclic amines) is 1. The van der Waals surface area contributed by atoms with Gasteiger partial charge in [0.25, 0.3) is 11.7 Å². The zero-order valence-corrected chi connectivity index (χ0v) is 38.2. The van der Waals surface area contributed by atoms with E-state index in [2.05, 4.69) is 13.5 Å². The lowest BCUT2D eigenvalue weighted by atomic mass is 9.80. The van der Waals surface area contributed by atoms with Gasteiger partial charge in [0, 0.05) is 44.2 Å². The van der Waals surface area contributed by atoms with Crippen molar-refractivity contribution in [3.63, 3.8) is 0 Å². The molecular formula is C50H77NO10. The summed E-state index contributed by atoms with van der Waals surface area (Å²) in [6, 6.07) is -1.09. The summed E-state index contributed by atoms with van der Waals surface area (Å²) in [6.07, 6.45) is 23.8. The molecule has 0 aromatic carbocycles. The van der Waals surface area contributed by atoms with Crippen LogP contribution in [0.1, 0.15) is 144 Å². The number of ether oxygens (including phenoxy) is 2. The standard InChI is InChI=1S/C50H77NO10/c1-9-39(30-37(6)46(54)32-45(53)36(5)29-35(4)44(52)26-22-34(3)28-40-18-15-19-42(31-40)60-8)17-12-10-11-16-33(2)21-24-41-25-23-38(7)50(59,61-41)47(55)48(56)51-27-14-13-20-43(51)49(57)58/h9-12,16-17,29,34-35,37-43,45,53,59H,1,13-15,18-28,30-32H2,2-8H3,(H,57,58)/b11-10+,17-12+,33-16+,36-29+/t34-,35+,37+,38+,39+,40-,41+,42-,43-,45-,50+/m1/s1. The molecule has 0 unspecified atom stereocenters. The number of Topliss-reactive ketones (excluding diaryl/α,β-unsaturated/α-hetero) is 3. The molecule has 11 heteroatoms. The summed E-state index contributed by atoms with van der Waals surface area (Å²) in [7, 11) is 1.79. The van der Waals surface area contributed by atoms with E-state index >= 15 is 0 Å². The lowest BCUT2D eigenvalue weighted by Crippen LogP contribution is -2.60. The quantitative estimate of drug-likeness (QED) is 0.0486. The lowest BCUT2D eigenvalue weighted by Gasteiger charge is -2.42. The van der Waals surface area contributed by atoms with E-state index < -0.39 is 47.6 Å². The third-order valence-electron chi connectivity index (χ3n) is 13.4. The van der Waals surface area contributed by atoms with E-state index in [9.17, 15) is 39.3 Å². The molecule has 3 fully saturated rings. The second-order valence-electron chi connectivity index (χ2n) is 18.6. The zero-order valence-electron chi connectivity index (χ0n) is 38.2. The fourth-order valence-electron chi connectivity index (χ4n) is 9.14. The predicted molar refractivity (Wildman–Crippen MR) is 238 cm³/mol. The Balaban J connectivity index is 1.41. The van der Waals surface area contributed by atoms with Gasteiger partial charge in [-0.2, -0.15) is 0 Å². The molecule has 1 aliphatic carbocycles. The molecule has 2 aliphatic heterocycles. The third-order valence-corrected chi connectivity index (χ3v) is 13.4. The number of aliphatic hydroxyl groups is 2. The van der Waals surface area contributed by atoms with Gasteiger partial charge in [-0.25, -0.2) is 4.79 Å². The van der Waals surface area contributed by atoms with E-state index in [1.807, 2.05) is 57.2 Å². The Kier molecular flexibility index (Phi) is 21.7. The second-order valence-corrected chi connectivity index (χ2v) is 18.6. The summed E-state index contributed by atoms with van der Waals surface area (Å²) < 4.78 is 11.5. The van der Waals surface area contributed by atoms with Crippen molar-refractivity contribution < 1.29 is 48.8 Å². The van der Waals surface area contributed by atoms with Gasteiger partial charge < -0.3 is 29.7 Å². The topological polar surface area (TPSA) is 168 Å². The number of aliphatic hydroxyl groups excluding tert-OH is 1. The van der Waals surface area contributed by atoms with E-state index in [0.717, 1.165) is 36.2 Å². The molecule has 2 heterocycles. The summed E-state index contributed by atoms with van der Waals surface area (Å²) in [6.45, 7) is 15.5. The fourth-order valence-corrected chi connectivity index (χ4v) is 9.14. The Hall–Kier alpha value is -3.51. The van der Waals surface area contributed by atoms with Crippen LogP contribution in [0.25, 0.3) is 0 Å². The number of amides is 1. The van der Waals surface area contributed by atoms with E-state index in [4.69, 9.17) is 9.47 Å². The summed E-state index contributed by atoms with van der Waals surface area (Å²) in [5, 5.41) is 31.8. The Morgan fingerprint density at radius 2 is 1.69 bits per heavy atom. The molecule has 61 heavy (non-hydrogen) atoms. The maximum atomic E-state index is 13.3. The number of methoxy groups -OCH3 is 1. The smallest absolute Gasteiger partial charge is 0.326 e. The first-order valence-electron chi connectivity index (χ1n) is 23.0. The van der Waals surface area contributed by atoms with Gasteiger partial charge in [0.05, 0.1) is 18.3 Å². The van der Waals surface area contributed by atoms with Gasteiger partial charge >= 0.3 is 5.97 Å². The van der Waals surface area contributed by atoms with Gasteiger partial charge in [0.2, 0.25) is 5.79 Å². The van der Waals surface area contributed by atoms with Gasteiger partial charge in [-0.3, -0.25) is 19.2 Å². The largest absolute Gasteiger partial charge is 0.480 e. The number of hydrogen-bond acceptors (Lipinski definition) is 9. The van der Waals surface area contributed by atoms with Gasteiger partial charge in [-0.15, -0.1) is 6.58 Å². The number of carboxylic acid groups (broad SMARTS) is 1. The van der Waals surface area contributed by atoms with Crippen LogP contribution >= 0.6 is 0 Å². The van der Waals surface area contributed by atoms with Crippen LogP contribution in [0.4, 0.5) is 0 Å². The van der Waals surface area contributed by atoms with Crippen LogP contribution in [0.5, 0.6) is 0 Å². The number of carboxylic acids is 1. The average molecular weight is 852 g/mol. The first kappa shape index (κ1) is 51.8. The molecule has 1 saturated carbocycles. The van der Waals surface area contributed by atoms with E-state index in [1.165, 1.54) is 12.8 Å². The molecule has 0 bridgehead atoms. The predicted octanol–water partition coefficient (Wildman–Crippen LogP) is 8.68. The Morgan fingerprint density at radius 3 is 2.38 bits per heavy atom. The van der Waals surface area contributed by atoms with Gasteiger partial charge in [-0.1, -0.05) is 88.6 Å². The van der Waals surface area contributed by atoms with Crippen molar-refractivity contribution in [1.82, 2.24) is 4.90 Å². The molecule has 0 radical (unpaired) electrons. The van der Waals surface area contributed by atoms with Crippen molar-refractivity contribution in [2.75, 3.05) is 13.7 Å². The van der Waals surface area contributed by atoms with Crippen LogP contribution in [-0.4, -0.2) is 93.2 Å². The molecule has 2 saturated heterocycles. The number of aliphatic carboxylic acids is 1. The van der Waals surface area contributed by atoms with Gasteiger partial charge in [0.15, 0.2) is 0 Å². The molecule has 3 N–H and O–H groups in total. The maximum absolute atomic E-state index is 13.3. The molecule has 0 spiro atoms. The number of nitrogens with zero attached hydrogens (tertiary/aromatic N) is 1. The van der Waals surface area contributed by atoms with Crippen molar-refractivity contribution in [2.45, 2.75) is 174 Å². The molecule has 1 amide bonds. The van der Waals surface area contributed by atoms with Crippen LogP contribution < -0.4 is 0 Å². The molecule has 11 nitrogen and oxygen atoms in total. The van der Waals surface area contributed by atoms with Gasteiger partial charge in [-0.05, 0) is 114 Å². The summed E-state index contributed by atoms with van der Waals surface area (Å²) in [5.41, 5.74) is 1.70. The number of ketones is 3. The van der Waals surface area contributed by atoms with E-state index in [0.29, 0.717) is 74.9 Å². The van der Waals surface area contributed by atoms with Crippen LogP contribution in [0.15, 0.2) is 60.3 Å². The number of hydrogen-bond donors (Lipinski definition) is 3. The third kappa shape index (κ3) is 16.3. The number of allylic oxidation sites excluding steroid dienone is 8. The summed E-state index contributed by atoms with van der Waals surface area (Å²) in [4.78, 5) is 65.4. The van der Waals surface area contributed by atoms with Crippen molar-refractivity contribution in [2.24, 2.45) is 35.5 Å². The SMILES string of the molecule is C=C[C@@H](/C=C/C=C/C=C(\C)CC[C@H]1CC[C@H](C)[C@@](O)(C(=O)C(=O)N2CCCC[C@@H]2C(=O)O)O1)C[C@H](C)C(=O)C[C@@H](O)/C(C)=C/[C@H](C)C(=O)CC[C@@H](C)C[C@H]1CCC[C@@H](OC)C1. The summed E-state index contributed by atoms with van der Waals surface area (Å²) in [5.74, 6) is -5.60. The first-order chi connectivity index (χ1) is 28.9. The molecule has 342 valence electrons. The number of carbonyl (C=O) groups is 5. The highest BCUT2D eigenvalue weighted by atomic mass is 16.6. The average Bonchev–Trinajstić information content (AvgIpc) is 3.24. The number of carbonyl (C=O) groups excluding carboxylic acids is 4. The van der Waals surface area contributed by atoms with Crippen molar-refractivity contribution in [3.05, 3.63) is 60.3 Å². The van der Waals surface area contributed by atoms with Crippen LogP contribution in [0.3, 0.4) is 0 Å². The second kappa shape index (κ2) is 25.6. The fraction of sp³-hybridized carbons (Fsp3) is 0.700. The van der Waals surface area contributed by atoms with Crippen LogP contribution in [-0.2, 0) is 33.4 Å². The van der Waals surface area contributed by atoms with Crippen molar-refractivity contribution in [3.8, 4) is 0 Å². The maximum Gasteiger partial charge on any atom is 0.326 e. The van der Waals surface area contributed by atoms with Crippen LogP contribution in [0.2, 0.25) is 0 Å². The van der Waals surface area contributed by atoms with E-state index in [1.54, 1.807) is 27.0 Å².